The Kier molecular flexibility index (Phi) is 9.22. The second kappa shape index (κ2) is 14.4. The minimum Gasteiger partial charge on any atom is -0.313 e. The zero-order valence-corrected chi connectivity index (χ0v) is 30.7. The molecule has 2 heterocycles. The summed E-state index contributed by atoms with van der Waals surface area (Å²) in [5.41, 5.74) is 15.5. The summed E-state index contributed by atoms with van der Waals surface area (Å²) in [6, 6.07) is 49.4. The van der Waals surface area contributed by atoms with E-state index in [4.69, 9.17) is 0 Å². The first-order valence-corrected chi connectivity index (χ1v) is 19.1. The van der Waals surface area contributed by atoms with E-state index < -0.39 is 0 Å². The van der Waals surface area contributed by atoms with E-state index in [-0.39, 0.29) is 0 Å². The van der Waals surface area contributed by atoms with Gasteiger partial charge in [-0.2, -0.15) is 0 Å². The van der Waals surface area contributed by atoms with Gasteiger partial charge in [-0.25, -0.2) is 0 Å². The molecule has 8 aromatic rings. The highest BCUT2D eigenvalue weighted by Gasteiger charge is 2.21. The van der Waals surface area contributed by atoms with Crippen molar-refractivity contribution in [3.8, 4) is 33.6 Å². The number of benzene rings is 6. The molecule has 0 aliphatic heterocycles. The lowest BCUT2D eigenvalue weighted by molar-refractivity contribution is 0.888. The number of fused-ring (bicyclic) bond motifs is 7. The summed E-state index contributed by atoms with van der Waals surface area (Å²) in [6.07, 6.45) is 13.6. The number of aromatic nitrogens is 2. The Morgan fingerprint density at radius 2 is 0.885 bits per heavy atom. The summed E-state index contributed by atoms with van der Waals surface area (Å²) in [4.78, 5) is 0. The van der Waals surface area contributed by atoms with Crippen molar-refractivity contribution in [2.24, 2.45) is 0 Å². The van der Waals surface area contributed by atoms with E-state index in [1.807, 2.05) is 27.7 Å². The molecule has 2 aliphatic rings. The van der Waals surface area contributed by atoms with Gasteiger partial charge in [-0.15, -0.1) is 0 Å². The van der Waals surface area contributed by atoms with Gasteiger partial charge in [-0.05, 0) is 107 Å². The molecule has 2 aromatic heterocycles. The standard InChI is InChI=1S/C46H34N2.2C2H6/c1-2-12-37(13-3-1)47-43-16-8-6-14-39(43)41-29-35(23-26-45(41)47)32-18-20-33(21-19-32)36-24-27-46-42(30-36)40-15-7-9-17-44(40)48(46)38-25-22-31-10-4-5-11-34(31)28-38;2*1-2/h1-7,10-15,18-30H,8-9,16-17H2;2*1-2H3. The van der Waals surface area contributed by atoms with Gasteiger partial charge in [-0.3, -0.25) is 0 Å². The Bertz CT molecular complexity index is 2590. The Hall–Kier alpha value is -5.86. The first-order valence-electron chi connectivity index (χ1n) is 19.1. The fourth-order valence-electron chi connectivity index (χ4n) is 8.14. The molecule has 256 valence electrons. The zero-order chi connectivity index (χ0) is 35.6. The molecule has 0 atom stereocenters. The minimum atomic E-state index is 1.05. The molecule has 0 radical (unpaired) electrons. The monoisotopic (exact) mass is 674 g/mol. The Balaban J connectivity index is 0.000000937. The molecule has 0 bridgehead atoms. The lowest BCUT2D eigenvalue weighted by atomic mass is 9.96. The summed E-state index contributed by atoms with van der Waals surface area (Å²) in [6.45, 7) is 8.00. The quantitative estimate of drug-likeness (QED) is 0.176. The van der Waals surface area contributed by atoms with Crippen LogP contribution in [0.25, 0.3) is 78.4 Å². The van der Waals surface area contributed by atoms with Crippen LogP contribution in [0.2, 0.25) is 0 Å². The van der Waals surface area contributed by atoms with Crippen molar-refractivity contribution in [2.75, 3.05) is 0 Å². The van der Waals surface area contributed by atoms with Gasteiger partial charge in [0.2, 0.25) is 0 Å². The molecule has 0 saturated carbocycles. The highest BCUT2D eigenvalue weighted by Crippen LogP contribution is 2.39. The van der Waals surface area contributed by atoms with Crippen LogP contribution in [0.5, 0.6) is 0 Å². The van der Waals surface area contributed by atoms with Crippen molar-refractivity contribution in [2.45, 2.75) is 53.4 Å². The maximum atomic E-state index is 2.49. The van der Waals surface area contributed by atoms with Crippen LogP contribution in [-0.2, 0) is 12.8 Å². The van der Waals surface area contributed by atoms with Crippen molar-refractivity contribution in [1.29, 1.82) is 0 Å². The average molecular weight is 675 g/mol. The maximum Gasteiger partial charge on any atom is 0.0538 e. The summed E-state index contributed by atoms with van der Waals surface area (Å²) < 4.78 is 4.95. The summed E-state index contributed by atoms with van der Waals surface area (Å²) >= 11 is 0. The second-order valence-corrected chi connectivity index (χ2v) is 13.2. The number of allylic oxidation sites excluding steroid dienone is 2. The molecule has 2 heteroatoms. The lowest BCUT2D eigenvalue weighted by Gasteiger charge is -2.14. The van der Waals surface area contributed by atoms with Crippen molar-refractivity contribution in [3.63, 3.8) is 0 Å². The molecule has 2 nitrogen and oxygen atoms in total. The normalized spacial score (nSPS) is 12.9. The van der Waals surface area contributed by atoms with Gasteiger partial charge >= 0.3 is 0 Å². The van der Waals surface area contributed by atoms with Crippen molar-refractivity contribution >= 4 is 44.7 Å². The van der Waals surface area contributed by atoms with E-state index in [0.717, 1.165) is 25.7 Å². The molecular formula is C50H46N2. The molecule has 0 unspecified atom stereocenters. The number of para-hydroxylation sites is 1. The van der Waals surface area contributed by atoms with Crippen LogP contribution in [0.15, 0.2) is 146 Å². The predicted molar refractivity (Wildman–Crippen MR) is 226 cm³/mol. The molecule has 0 saturated heterocycles. The Labute approximate surface area is 308 Å². The van der Waals surface area contributed by atoms with Gasteiger partial charge in [-0.1, -0.05) is 137 Å². The minimum absolute atomic E-state index is 1.05. The Morgan fingerprint density at radius 3 is 1.44 bits per heavy atom. The molecular weight excluding hydrogens is 629 g/mol. The fourth-order valence-corrected chi connectivity index (χ4v) is 8.14. The van der Waals surface area contributed by atoms with Crippen LogP contribution >= 0.6 is 0 Å². The van der Waals surface area contributed by atoms with Crippen LogP contribution in [0.4, 0.5) is 0 Å². The smallest absolute Gasteiger partial charge is 0.0538 e. The van der Waals surface area contributed by atoms with E-state index in [1.165, 1.54) is 88.7 Å². The van der Waals surface area contributed by atoms with Crippen LogP contribution in [0, 0.1) is 0 Å². The number of nitrogens with zero attached hydrogens (tertiary/aromatic N) is 2. The number of hydrogen-bond acceptors (Lipinski definition) is 0. The van der Waals surface area contributed by atoms with Gasteiger partial charge in [0.1, 0.15) is 0 Å². The molecule has 10 rings (SSSR count). The average Bonchev–Trinajstić information content (AvgIpc) is 3.75. The van der Waals surface area contributed by atoms with Crippen molar-refractivity contribution in [1.82, 2.24) is 9.13 Å². The zero-order valence-electron chi connectivity index (χ0n) is 30.7. The van der Waals surface area contributed by atoms with Crippen molar-refractivity contribution in [3.05, 3.63) is 168 Å². The molecule has 6 aromatic carbocycles. The lowest BCUT2D eigenvalue weighted by Crippen LogP contribution is -2.02. The van der Waals surface area contributed by atoms with Gasteiger partial charge in [0.15, 0.2) is 0 Å². The van der Waals surface area contributed by atoms with Crippen LogP contribution < -0.4 is 0 Å². The van der Waals surface area contributed by atoms with Gasteiger partial charge in [0.25, 0.3) is 0 Å². The third kappa shape index (κ3) is 5.69. The van der Waals surface area contributed by atoms with Gasteiger partial charge in [0.05, 0.1) is 11.0 Å². The maximum absolute atomic E-state index is 2.49. The van der Waals surface area contributed by atoms with Crippen molar-refractivity contribution < 1.29 is 0 Å². The highest BCUT2D eigenvalue weighted by molar-refractivity contribution is 5.98. The van der Waals surface area contributed by atoms with Gasteiger partial charge in [0, 0.05) is 44.7 Å². The summed E-state index contributed by atoms with van der Waals surface area (Å²) in [5.74, 6) is 0. The van der Waals surface area contributed by atoms with Crippen LogP contribution in [0.3, 0.4) is 0 Å². The largest absolute Gasteiger partial charge is 0.313 e. The molecule has 0 amide bonds. The van der Waals surface area contributed by atoms with E-state index in [2.05, 4.69) is 167 Å². The SMILES string of the molecule is C1=Cc2c(n(-c3ccccc3)c3ccc(-c4ccc(-c5ccc6c(c5)c5c(n6-c6ccc7ccccc7c6)CCC=C5)cc4)cc23)CC1.CC.CC. The molecule has 2 aliphatic carbocycles. The number of rotatable bonds is 4. The van der Waals surface area contributed by atoms with E-state index in [1.54, 1.807) is 0 Å². The Morgan fingerprint density at radius 1 is 0.404 bits per heavy atom. The van der Waals surface area contributed by atoms with E-state index >= 15 is 0 Å². The first kappa shape index (κ1) is 33.3. The third-order valence-electron chi connectivity index (χ3n) is 10.4. The topological polar surface area (TPSA) is 9.86 Å². The van der Waals surface area contributed by atoms with Crippen LogP contribution in [-0.4, -0.2) is 9.13 Å². The molecule has 0 fully saturated rings. The molecule has 0 spiro atoms. The number of hydrogen-bond donors (Lipinski definition) is 0. The third-order valence-corrected chi connectivity index (χ3v) is 10.4. The highest BCUT2D eigenvalue weighted by atomic mass is 15.0. The molecule has 52 heavy (non-hydrogen) atoms. The second-order valence-electron chi connectivity index (χ2n) is 13.2. The van der Waals surface area contributed by atoms with E-state index in [0.29, 0.717) is 0 Å². The first-order chi connectivity index (χ1) is 25.8. The predicted octanol–water partition coefficient (Wildman–Crippen LogP) is 14.0. The fraction of sp³-hybridized carbons (Fsp3) is 0.160. The van der Waals surface area contributed by atoms with Gasteiger partial charge < -0.3 is 9.13 Å². The summed E-state index contributed by atoms with van der Waals surface area (Å²) in [5, 5.41) is 5.20. The summed E-state index contributed by atoms with van der Waals surface area (Å²) in [7, 11) is 0. The van der Waals surface area contributed by atoms with E-state index in [9.17, 15) is 0 Å². The van der Waals surface area contributed by atoms with Crippen LogP contribution in [0.1, 0.15) is 63.1 Å². The molecule has 0 N–H and O–H groups in total.